The van der Waals surface area contributed by atoms with Gasteiger partial charge in [0, 0.05) is 7.00 Å². The third-order valence-corrected chi connectivity index (χ3v) is 5.25. The Morgan fingerprint density at radius 1 is 1.10 bits per heavy atom. The molecule has 1 aromatic rings. The zero-order valence-electron chi connectivity index (χ0n) is 20.1. The monoisotopic (exact) mass is 421 g/mol. The summed E-state index contributed by atoms with van der Waals surface area (Å²) >= 11 is 0. The van der Waals surface area contributed by atoms with Crippen LogP contribution in [0.15, 0.2) is 36.4 Å². The van der Waals surface area contributed by atoms with Gasteiger partial charge in [-0.3, -0.25) is 0 Å². The molecule has 0 fully saturated rings. The molecule has 3 unspecified atom stereocenters. The molecule has 1 rings (SSSR count). The molecule has 0 spiro atoms. The molecule has 0 saturated carbocycles. The second-order valence-electron chi connectivity index (χ2n) is 7.82. The van der Waals surface area contributed by atoms with Gasteiger partial charge in [-0.2, -0.15) is 0 Å². The Kier molecular flexibility index (Phi) is 13.5. The minimum atomic E-state index is -0.576. The standard InChI is InChI=1S/C23H35NO4.C2H6.H2/c1-8-17(6)18(7)21(15(2)3)19-9-11-20(12-10-19)28-23(26)24-13-14-27-22(25)16(4)5;1-2;/h9-12,15,17-18,21H,4,8,13-14H2,1-3,5-7H3,(H,24,26);1-2H3;1H. The van der Waals surface area contributed by atoms with Crippen LogP contribution in [0.1, 0.15) is 74.7 Å². The van der Waals surface area contributed by atoms with E-state index in [0.29, 0.717) is 35.0 Å². The number of carbonyl (C=O) groups is 2. The molecule has 0 bridgehead atoms. The Hall–Kier alpha value is -2.30. The molecule has 0 heterocycles. The van der Waals surface area contributed by atoms with Crippen molar-refractivity contribution in [2.45, 2.75) is 67.7 Å². The van der Waals surface area contributed by atoms with Gasteiger partial charge >= 0.3 is 12.1 Å². The fourth-order valence-electron chi connectivity index (χ4n) is 3.34. The SMILES string of the molecule is C=C(C)C(=O)OCCNC(=O)Oc1ccc(C(C(C)C)C(C)C(C)CC)cc1.CC.[HH]. The molecule has 0 aromatic heterocycles. The zero-order valence-corrected chi connectivity index (χ0v) is 20.1. The van der Waals surface area contributed by atoms with Crippen molar-refractivity contribution >= 4 is 12.1 Å². The van der Waals surface area contributed by atoms with Gasteiger partial charge < -0.3 is 14.8 Å². The lowest BCUT2D eigenvalue weighted by Gasteiger charge is -2.32. The van der Waals surface area contributed by atoms with E-state index in [4.69, 9.17) is 9.47 Å². The van der Waals surface area contributed by atoms with Crippen LogP contribution in [-0.4, -0.2) is 25.2 Å². The van der Waals surface area contributed by atoms with Gasteiger partial charge in [0.15, 0.2) is 0 Å². The number of benzene rings is 1. The fraction of sp³-hybridized carbons (Fsp3) is 0.600. The van der Waals surface area contributed by atoms with Crippen LogP contribution in [0, 0.1) is 17.8 Å². The molecule has 0 aliphatic carbocycles. The van der Waals surface area contributed by atoms with Crippen LogP contribution >= 0.6 is 0 Å². The van der Waals surface area contributed by atoms with Crippen molar-refractivity contribution in [3.05, 3.63) is 42.0 Å². The van der Waals surface area contributed by atoms with E-state index < -0.39 is 12.1 Å². The van der Waals surface area contributed by atoms with Crippen molar-refractivity contribution in [3.8, 4) is 5.75 Å². The number of nitrogens with one attached hydrogen (secondary N) is 1. The summed E-state index contributed by atoms with van der Waals surface area (Å²) in [6.07, 6.45) is 0.584. The predicted octanol–water partition coefficient (Wildman–Crippen LogP) is 6.59. The van der Waals surface area contributed by atoms with Crippen LogP contribution in [0.5, 0.6) is 5.75 Å². The Morgan fingerprint density at radius 3 is 2.13 bits per heavy atom. The average Bonchev–Trinajstić information content (AvgIpc) is 2.72. The van der Waals surface area contributed by atoms with Crippen LogP contribution < -0.4 is 10.1 Å². The average molecular weight is 422 g/mol. The van der Waals surface area contributed by atoms with E-state index in [1.54, 1.807) is 6.92 Å². The number of esters is 1. The van der Waals surface area contributed by atoms with Crippen molar-refractivity contribution in [3.63, 3.8) is 0 Å². The third-order valence-electron chi connectivity index (χ3n) is 5.25. The topological polar surface area (TPSA) is 64.6 Å². The molecule has 172 valence electrons. The van der Waals surface area contributed by atoms with Gasteiger partial charge in [0.25, 0.3) is 0 Å². The van der Waals surface area contributed by atoms with Crippen LogP contribution in [0.2, 0.25) is 0 Å². The molecule has 5 nitrogen and oxygen atoms in total. The van der Waals surface area contributed by atoms with E-state index in [0.717, 1.165) is 6.42 Å². The van der Waals surface area contributed by atoms with Crippen LogP contribution in [0.25, 0.3) is 0 Å². The molecule has 0 saturated heterocycles. The highest BCUT2D eigenvalue weighted by Gasteiger charge is 2.26. The third kappa shape index (κ3) is 9.47. The van der Waals surface area contributed by atoms with E-state index in [-0.39, 0.29) is 14.6 Å². The maximum absolute atomic E-state index is 11.9. The van der Waals surface area contributed by atoms with E-state index in [1.165, 1.54) is 5.56 Å². The molecule has 0 radical (unpaired) electrons. The van der Waals surface area contributed by atoms with Crippen LogP contribution in [0.4, 0.5) is 4.79 Å². The minimum absolute atomic E-state index is 0. The molecule has 1 aromatic carbocycles. The second kappa shape index (κ2) is 14.6. The second-order valence-corrected chi connectivity index (χ2v) is 7.82. The summed E-state index contributed by atoms with van der Waals surface area (Å²) in [5.74, 6) is 2.22. The summed E-state index contributed by atoms with van der Waals surface area (Å²) in [6.45, 7) is 20.7. The summed E-state index contributed by atoms with van der Waals surface area (Å²) < 4.78 is 10.2. The molecule has 1 N–H and O–H groups in total. The van der Waals surface area contributed by atoms with Gasteiger partial charge in [0.05, 0.1) is 6.54 Å². The molecule has 5 heteroatoms. The highest BCUT2D eigenvalue weighted by molar-refractivity contribution is 5.86. The zero-order chi connectivity index (χ0) is 23.3. The van der Waals surface area contributed by atoms with Gasteiger partial charge in [-0.05, 0) is 48.3 Å². The van der Waals surface area contributed by atoms with E-state index in [9.17, 15) is 9.59 Å². The summed E-state index contributed by atoms with van der Waals surface area (Å²) in [4.78, 5) is 23.1. The maximum Gasteiger partial charge on any atom is 0.412 e. The van der Waals surface area contributed by atoms with E-state index in [1.807, 2.05) is 38.1 Å². The van der Waals surface area contributed by atoms with Crippen LogP contribution in [0.3, 0.4) is 0 Å². The van der Waals surface area contributed by atoms with Crippen molar-refractivity contribution in [1.82, 2.24) is 5.32 Å². The Morgan fingerprint density at radius 2 is 1.67 bits per heavy atom. The first kappa shape index (κ1) is 27.7. The lowest BCUT2D eigenvalue weighted by molar-refractivity contribution is -0.138. The highest BCUT2D eigenvalue weighted by atomic mass is 16.6. The van der Waals surface area contributed by atoms with Gasteiger partial charge in [-0.25, -0.2) is 9.59 Å². The van der Waals surface area contributed by atoms with Gasteiger partial charge in [0.1, 0.15) is 12.4 Å². The molecular formula is C25H43NO4. The molecule has 30 heavy (non-hydrogen) atoms. The molecule has 0 aliphatic rings. The quantitative estimate of drug-likeness (QED) is 0.263. The van der Waals surface area contributed by atoms with Gasteiger partial charge in [-0.15, -0.1) is 0 Å². The number of carbonyl (C=O) groups excluding carboxylic acids is 2. The molecule has 3 atom stereocenters. The predicted molar refractivity (Wildman–Crippen MR) is 126 cm³/mol. The number of hydrogen-bond acceptors (Lipinski definition) is 4. The van der Waals surface area contributed by atoms with Crippen molar-refractivity contribution < 1.29 is 20.5 Å². The largest absolute Gasteiger partial charge is 0.460 e. The number of ether oxygens (including phenoxy) is 2. The smallest absolute Gasteiger partial charge is 0.412 e. The van der Waals surface area contributed by atoms with E-state index in [2.05, 4.69) is 46.5 Å². The summed E-state index contributed by atoms with van der Waals surface area (Å²) in [5.41, 5.74) is 1.59. The molecular weight excluding hydrogens is 378 g/mol. The summed E-state index contributed by atoms with van der Waals surface area (Å²) in [6, 6.07) is 7.74. The Labute approximate surface area is 184 Å². The maximum atomic E-state index is 11.9. The summed E-state index contributed by atoms with van der Waals surface area (Å²) in [7, 11) is 0. The minimum Gasteiger partial charge on any atom is -0.460 e. The van der Waals surface area contributed by atoms with Crippen molar-refractivity contribution in [1.29, 1.82) is 0 Å². The normalized spacial score (nSPS) is 13.4. The summed E-state index contributed by atoms with van der Waals surface area (Å²) in [5, 5.41) is 2.55. The van der Waals surface area contributed by atoms with Crippen molar-refractivity contribution in [2.75, 3.05) is 13.2 Å². The lowest BCUT2D eigenvalue weighted by atomic mass is 9.73. The number of hydrogen-bond donors (Lipinski definition) is 1. The fourth-order valence-corrected chi connectivity index (χ4v) is 3.34. The molecule has 0 aliphatic heterocycles. The van der Waals surface area contributed by atoms with Gasteiger partial charge in [0.2, 0.25) is 0 Å². The van der Waals surface area contributed by atoms with Crippen LogP contribution in [-0.2, 0) is 9.53 Å². The number of amides is 1. The first-order valence-electron chi connectivity index (χ1n) is 11.1. The lowest BCUT2D eigenvalue weighted by Crippen LogP contribution is -2.30. The first-order valence-corrected chi connectivity index (χ1v) is 11.1. The van der Waals surface area contributed by atoms with Crippen molar-refractivity contribution in [2.24, 2.45) is 17.8 Å². The number of rotatable bonds is 10. The highest BCUT2D eigenvalue weighted by Crippen LogP contribution is 2.37. The van der Waals surface area contributed by atoms with E-state index >= 15 is 0 Å². The Bertz CT molecular complexity index is 658. The Balaban J connectivity index is 0. The molecule has 1 amide bonds. The first-order chi connectivity index (χ1) is 14.2. The van der Waals surface area contributed by atoms with Gasteiger partial charge in [-0.1, -0.05) is 73.6 Å².